The monoisotopic (exact) mass is 267 g/mol. The maximum absolute atomic E-state index is 11.5. The standard InChI is InChI=1S/C13H14ClNO3/c1-2-18-9-13(17)15-12-8-11(14)6-5-10(12)4-3-7-16/h5-6,8,16H,2,7,9H2,1H3,(H,15,17). The Morgan fingerprint density at radius 3 is 3.00 bits per heavy atom. The van der Waals surface area contributed by atoms with Crippen molar-refractivity contribution in [3.63, 3.8) is 0 Å². The van der Waals surface area contributed by atoms with Gasteiger partial charge < -0.3 is 15.2 Å². The highest BCUT2D eigenvalue weighted by atomic mass is 35.5. The van der Waals surface area contributed by atoms with E-state index >= 15 is 0 Å². The van der Waals surface area contributed by atoms with Crippen LogP contribution >= 0.6 is 11.6 Å². The highest BCUT2D eigenvalue weighted by molar-refractivity contribution is 6.31. The lowest BCUT2D eigenvalue weighted by molar-refractivity contribution is -0.120. The summed E-state index contributed by atoms with van der Waals surface area (Å²) in [6.45, 7) is 2.02. The summed E-state index contributed by atoms with van der Waals surface area (Å²) < 4.78 is 5.00. The Balaban J connectivity index is 2.85. The second-order valence-corrected chi connectivity index (χ2v) is 3.77. The molecule has 4 nitrogen and oxygen atoms in total. The number of aliphatic hydroxyl groups is 1. The van der Waals surface area contributed by atoms with E-state index in [1.165, 1.54) is 0 Å². The molecular weight excluding hydrogens is 254 g/mol. The molecule has 0 aliphatic heterocycles. The van der Waals surface area contributed by atoms with Crippen molar-refractivity contribution >= 4 is 23.2 Å². The molecule has 0 heterocycles. The minimum Gasteiger partial charge on any atom is -0.384 e. The topological polar surface area (TPSA) is 58.6 Å². The molecule has 0 saturated heterocycles. The Bertz CT molecular complexity index is 477. The number of carbonyl (C=O) groups excluding carboxylic acids is 1. The summed E-state index contributed by atoms with van der Waals surface area (Å²) in [5, 5.41) is 11.8. The largest absolute Gasteiger partial charge is 0.384 e. The number of nitrogens with one attached hydrogen (secondary N) is 1. The number of rotatable bonds is 4. The molecule has 1 rings (SSSR count). The first-order valence-electron chi connectivity index (χ1n) is 5.44. The maximum atomic E-state index is 11.5. The molecule has 0 aromatic heterocycles. The van der Waals surface area contributed by atoms with Crippen LogP contribution in [-0.2, 0) is 9.53 Å². The first-order valence-corrected chi connectivity index (χ1v) is 5.82. The molecule has 1 aromatic carbocycles. The summed E-state index contributed by atoms with van der Waals surface area (Å²) in [5.74, 6) is 4.99. The van der Waals surface area contributed by atoms with Gasteiger partial charge in [-0.05, 0) is 25.1 Å². The Labute approximate surface area is 111 Å². The number of halogens is 1. The number of ether oxygens (including phenoxy) is 1. The van der Waals surface area contributed by atoms with Gasteiger partial charge in [-0.25, -0.2) is 0 Å². The minimum atomic E-state index is -0.272. The first kappa shape index (κ1) is 14.5. The Morgan fingerprint density at radius 2 is 2.33 bits per heavy atom. The molecule has 0 aliphatic carbocycles. The number of anilines is 1. The molecule has 0 bridgehead atoms. The normalized spacial score (nSPS) is 9.50. The average Bonchev–Trinajstić information content (AvgIpc) is 2.35. The summed E-state index contributed by atoms with van der Waals surface area (Å²) >= 11 is 5.86. The molecule has 5 heteroatoms. The van der Waals surface area contributed by atoms with Crippen molar-refractivity contribution in [1.29, 1.82) is 0 Å². The molecule has 0 unspecified atom stereocenters. The zero-order valence-corrected chi connectivity index (χ0v) is 10.8. The lowest BCUT2D eigenvalue weighted by atomic mass is 10.2. The van der Waals surface area contributed by atoms with Gasteiger partial charge in [-0.3, -0.25) is 4.79 Å². The van der Waals surface area contributed by atoms with Gasteiger partial charge in [0.05, 0.1) is 5.69 Å². The third-order valence-corrected chi connectivity index (χ3v) is 2.23. The highest BCUT2D eigenvalue weighted by Crippen LogP contribution is 2.20. The van der Waals surface area contributed by atoms with E-state index in [1.807, 2.05) is 6.92 Å². The predicted octanol–water partition coefficient (Wildman–Crippen LogP) is 1.66. The van der Waals surface area contributed by atoms with Crippen LogP contribution in [0.4, 0.5) is 5.69 Å². The van der Waals surface area contributed by atoms with E-state index in [0.717, 1.165) is 0 Å². The number of hydrogen-bond acceptors (Lipinski definition) is 3. The molecule has 1 aromatic rings. The van der Waals surface area contributed by atoms with Gasteiger partial charge in [-0.1, -0.05) is 23.4 Å². The van der Waals surface area contributed by atoms with Gasteiger partial charge in [0.25, 0.3) is 0 Å². The second kappa shape index (κ2) is 7.72. The minimum absolute atomic E-state index is 0.0180. The van der Waals surface area contributed by atoms with Gasteiger partial charge in [-0.15, -0.1) is 0 Å². The Morgan fingerprint density at radius 1 is 1.56 bits per heavy atom. The summed E-state index contributed by atoms with van der Waals surface area (Å²) in [4.78, 5) is 11.5. The van der Waals surface area contributed by atoms with Crippen LogP contribution in [0, 0.1) is 11.8 Å². The van der Waals surface area contributed by atoms with Gasteiger partial charge in [0, 0.05) is 17.2 Å². The number of amides is 1. The fourth-order valence-electron chi connectivity index (χ4n) is 1.24. The van der Waals surface area contributed by atoms with Crippen molar-refractivity contribution in [1.82, 2.24) is 0 Å². The van der Waals surface area contributed by atoms with Crippen LogP contribution in [0.25, 0.3) is 0 Å². The number of benzene rings is 1. The molecule has 0 atom stereocenters. The molecule has 0 aliphatic rings. The summed E-state index contributed by atoms with van der Waals surface area (Å²) in [5.41, 5.74) is 1.10. The number of hydrogen-bond donors (Lipinski definition) is 2. The average molecular weight is 268 g/mol. The van der Waals surface area contributed by atoms with Gasteiger partial charge in [-0.2, -0.15) is 0 Å². The third kappa shape index (κ3) is 4.76. The number of aliphatic hydroxyl groups excluding tert-OH is 1. The smallest absolute Gasteiger partial charge is 0.250 e. The number of carbonyl (C=O) groups is 1. The van der Waals surface area contributed by atoms with Crippen LogP contribution in [0.2, 0.25) is 5.02 Å². The quantitative estimate of drug-likeness (QED) is 0.816. The fraction of sp³-hybridized carbons (Fsp3) is 0.308. The molecular formula is C13H14ClNO3. The van der Waals surface area contributed by atoms with Crippen molar-refractivity contribution < 1.29 is 14.6 Å². The van der Waals surface area contributed by atoms with E-state index < -0.39 is 0 Å². The summed E-state index contributed by atoms with van der Waals surface area (Å²) in [6, 6.07) is 4.95. The van der Waals surface area contributed by atoms with Crippen LogP contribution in [0.15, 0.2) is 18.2 Å². The van der Waals surface area contributed by atoms with E-state index in [1.54, 1.807) is 18.2 Å². The van der Waals surface area contributed by atoms with Crippen molar-refractivity contribution in [2.75, 3.05) is 25.1 Å². The van der Waals surface area contributed by atoms with Crippen LogP contribution in [-0.4, -0.2) is 30.8 Å². The van der Waals surface area contributed by atoms with E-state index in [-0.39, 0.29) is 19.1 Å². The van der Waals surface area contributed by atoms with Gasteiger partial charge >= 0.3 is 0 Å². The SMILES string of the molecule is CCOCC(=O)Nc1cc(Cl)ccc1C#CCO. The maximum Gasteiger partial charge on any atom is 0.250 e. The van der Waals surface area contributed by atoms with Crippen molar-refractivity contribution in [2.45, 2.75) is 6.92 Å². The molecule has 0 saturated carbocycles. The van der Waals surface area contributed by atoms with Crippen LogP contribution < -0.4 is 5.32 Å². The van der Waals surface area contributed by atoms with Crippen LogP contribution in [0.1, 0.15) is 12.5 Å². The Hall–Kier alpha value is -1.54. The molecule has 0 spiro atoms. The van der Waals surface area contributed by atoms with Crippen molar-refractivity contribution in [2.24, 2.45) is 0 Å². The first-order chi connectivity index (χ1) is 8.67. The van der Waals surface area contributed by atoms with E-state index in [0.29, 0.717) is 22.9 Å². The van der Waals surface area contributed by atoms with Crippen LogP contribution in [0.5, 0.6) is 0 Å². The summed E-state index contributed by atoms with van der Waals surface area (Å²) in [6.07, 6.45) is 0. The predicted molar refractivity (Wildman–Crippen MR) is 70.5 cm³/mol. The molecule has 1 amide bonds. The molecule has 2 N–H and O–H groups in total. The second-order valence-electron chi connectivity index (χ2n) is 3.34. The third-order valence-electron chi connectivity index (χ3n) is 2.00. The molecule has 96 valence electrons. The van der Waals surface area contributed by atoms with E-state index in [2.05, 4.69) is 17.2 Å². The van der Waals surface area contributed by atoms with E-state index in [9.17, 15) is 4.79 Å². The van der Waals surface area contributed by atoms with Gasteiger partial charge in [0.15, 0.2) is 0 Å². The van der Waals surface area contributed by atoms with Gasteiger partial charge in [0.1, 0.15) is 13.2 Å². The molecule has 18 heavy (non-hydrogen) atoms. The molecule has 0 radical (unpaired) electrons. The van der Waals surface area contributed by atoms with Crippen molar-refractivity contribution in [3.05, 3.63) is 28.8 Å². The van der Waals surface area contributed by atoms with Crippen LogP contribution in [0.3, 0.4) is 0 Å². The zero-order chi connectivity index (χ0) is 13.4. The van der Waals surface area contributed by atoms with Crippen molar-refractivity contribution in [3.8, 4) is 11.8 Å². The summed E-state index contributed by atoms with van der Waals surface area (Å²) in [7, 11) is 0. The van der Waals surface area contributed by atoms with Gasteiger partial charge in [0.2, 0.25) is 5.91 Å². The fourth-order valence-corrected chi connectivity index (χ4v) is 1.42. The highest BCUT2D eigenvalue weighted by Gasteiger charge is 2.06. The lowest BCUT2D eigenvalue weighted by Gasteiger charge is -2.08. The van der Waals surface area contributed by atoms with E-state index in [4.69, 9.17) is 21.4 Å². The Kier molecular flexibility index (Phi) is 6.23. The lowest BCUT2D eigenvalue weighted by Crippen LogP contribution is -2.18. The zero-order valence-electron chi connectivity index (χ0n) is 10.00. The molecule has 0 fully saturated rings.